The van der Waals surface area contributed by atoms with Crippen LogP contribution in [-0.2, 0) is 6.42 Å². The number of hydrogen-bond acceptors (Lipinski definition) is 3. The molecule has 0 aliphatic carbocycles. The van der Waals surface area contributed by atoms with Gasteiger partial charge in [-0.3, -0.25) is 0 Å². The lowest BCUT2D eigenvalue weighted by Gasteiger charge is -2.07. The van der Waals surface area contributed by atoms with Crippen molar-refractivity contribution in [3.8, 4) is 11.5 Å². The summed E-state index contributed by atoms with van der Waals surface area (Å²) in [6.07, 6.45) is 2.84. The van der Waals surface area contributed by atoms with E-state index in [9.17, 15) is 0 Å². The van der Waals surface area contributed by atoms with E-state index >= 15 is 0 Å². The van der Waals surface area contributed by atoms with Crippen molar-refractivity contribution in [3.05, 3.63) is 23.9 Å². The highest BCUT2D eigenvalue weighted by molar-refractivity contribution is 5.86. The Bertz CT molecular complexity index is 491. The molecule has 86 valence electrons. The molecule has 0 saturated carbocycles. The van der Waals surface area contributed by atoms with Crippen LogP contribution in [0.1, 0.15) is 5.56 Å². The molecular weight excluding hydrogens is 204 g/mol. The third-order valence-corrected chi connectivity index (χ3v) is 2.69. The van der Waals surface area contributed by atoms with Gasteiger partial charge < -0.3 is 20.2 Å². The van der Waals surface area contributed by atoms with Gasteiger partial charge in [0.2, 0.25) is 0 Å². The van der Waals surface area contributed by atoms with Gasteiger partial charge in [0, 0.05) is 23.2 Å². The molecule has 3 N–H and O–H groups in total. The van der Waals surface area contributed by atoms with E-state index in [4.69, 9.17) is 15.2 Å². The summed E-state index contributed by atoms with van der Waals surface area (Å²) in [4.78, 5) is 3.21. The Hall–Kier alpha value is -1.68. The number of aromatic nitrogens is 1. The van der Waals surface area contributed by atoms with Crippen molar-refractivity contribution in [2.24, 2.45) is 5.73 Å². The summed E-state index contributed by atoms with van der Waals surface area (Å²) in [6.45, 7) is 0.640. The molecular formula is C12H16N2O2. The number of nitrogens with two attached hydrogens (primary N) is 1. The van der Waals surface area contributed by atoms with Gasteiger partial charge in [0.15, 0.2) is 11.5 Å². The van der Waals surface area contributed by atoms with Gasteiger partial charge in [0.25, 0.3) is 0 Å². The van der Waals surface area contributed by atoms with E-state index in [-0.39, 0.29) is 0 Å². The number of rotatable bonds is 4. The van der Waals surface area contributed by atoms with Crippen molar-refractivity contribution in [1.82, 2.24) is 4.98 Å². The fourth-order valence-corrected chi connectivity index (χ4v) is 1.87. The average Bonchev–Trinajstić information content (AvgIpc) is 2.70. The highest BCUT2D eigenvalue weighted by Crippen LogP contribution is 2.33. The Kier molecular flexibility index (Phi) is 3.01. The van der Waals surface area contributed by atoms with Crippen LogP contribution < -0.4 is 15.2 Å². The number of aromatic amines is 1. The fraction of sp³-hybridized carbons (Fsp3) is 0.333. The predicted molar refractivity (Wildman–Crippen MR) is 64.2 cm³/mol. The van der Waals surface area contributed by atoms with Crippen molar-refractivity contribution in [1.29, 1.82) is 0 Å². The minimum absolute atomic E-state index is 0.640. The molecule has 4 nitrogen and oxygen atoms in total. The molecule has 1 aromatic carbocycles. The zero-order valence-electron chi connectivity index (χ0n) is 9.54. The number of fused-ring (bicyclic) bond motifs is 1. The van der Waals surface area contributed by atoms with E-state index in [0.29, 0.717) is 6.54 Å². The van der Waals surface area contributed by atoms with Crippen LogP contribution in [0.15, 0.2) is 18.3 Å². The molecule has 1 aromatic heterocycles. The second kappa shape index (κ2) is 4.45. The largest absolute Gasteiger partial charge is 0.493 e. The third kappa shape index (κ3) is 1.72. The minimum atomic E-state index is 0.640. The number of benzene rings is 1. The average molecular weight is 220 g/mol. The summed E-state index contributed by atoms with van der Waals surface area (Å²) in [6, 6.07) is 3.92. The van der Waals surface area contributed by atoms with Crippen LogP contribution in [0.25, 0.3) is 10.9 Å². The first-order chi connectivity index (χ1) is 7.80. The molecule has 0 unspecified atom stereocenters. The third-order valence-electron chi connectivity index (χ3n) is 2.69. The van der Waals surface area contributed by atoms with Crippen LogP contribution in [0.4, 0.5) is 0 Å². The first kappa shape index (κ1) is 10.8. The number of ether oxygens (including phenoxy) is 2. The molecule has 0 fully saturated rings. The van der Waals surface area contributed by atoms with Crippen molar-refractivity contribution in [2.75, 3.05) is 20.8 Å². The molecule has 16 heavy (non-hydrogen) atoms. The molecule has 1 heterocycles. The molecule has 2 rings (SSSR count). The Balaban J connectivity index is 2.57. The van der Waals surface area contributed by atoms with Gasteiger partial charge in [-0.05, 0) is 24.6 Å². The standard InChI is InChI=1S/C12H16N2O2/c1-15-11-5-9-8(3-4-13)7-14-10(9)6-12(11)16-2/h5-7,14H,3-4,13H2,1-2H3. The molecule has 0 spiro atoms. The molecule has 0 atom stereocenters. The first-order valence-electron chi connectivity index (χ1n) is 5.22. The quantitative estimate of drug-likeness (QED) is 0.824. The summed E-state index contributed by atoms with van der Waals surface area (Å²) >= 11 is 0. The number of H-pyrrole nitrogens is 1. The molecule has 2 aromatic rings. The summed E-state index contributed by atoms with van der Waals surface area (Å²) in [5, 5.41) is 1.14. The van der Waals surface area contributed by atoms with Gasteiger partial charge in [-0.15, -0.1) is 0 Å². The monoisotopic (exact) mass is 220 g/mol. The molecule has 0 bridgehead atoms. The van der Waals surface area contributed by atoms with E-state index in [1.807, 2.05) is 18.3 Å². The van der Waals surface area contributed by atoms with Crippen LogP contribution in [0.5, 0.6) is 11.5 Å². The van der Waals surface area contributed by atoms with Crippen molar-refractivity contribution >= 4 is 10.9 Å². The van der Waals surface area contributed by atoms with E-state index in [1.165, 1.54) is 5.56 Å². The highest BCUT2D eigenvalue weighted by atomic mass is 16.5. The lowest BCUT2D eigenvalue weighted by Crippen LogP contribution is -2.01. The van der Waals surface area contributed by atoms with Crippen LogP contribution in [0.2, 0.25) is 0 Å². The van der Waals surface area contributed by atoms with Gasteiger partial charge in [0.05, 0.1) is 14.2 Å². The fourth-order valence-electron chi connectivity index (χ4n) is 1.87. The first-order valence-corrected chi connectivity index (χ1v) is 5.22. The van der Waals surface area contributed by atoms with E-state index < -0.39 is 0 Å². The lowest BCUT2D eigenvalue weighted by molar-refractivity contribution is 0.356. The molecule has 0 aliphatic rings. The highest BCUT2D eigenvalue weighted by Gasteiger charge is 2.09. The van der Waals surface area contributed by atoms with Crippen LogP contribution in [-0.4, -0.2) is 25.7 Å². The van der Waals surface area contributed by atoms with E-state index in [1.54, 1.807) is 14.2 Å². The lowest BCUT2D eigenvalue weighted by atomic mass is 10.1. The zero-order chi connectivity index (χ0) is 11.5. The Morgan fingerprint density at radius 3 is 2.50 bits per heavy atom. The van der Waals surface area contributed by atoms with Crippen molar-refractivity contribution < 1.29 is 9.47 Å². The van der Waals surface area contributed by atoms with Crippen molar-refractivity contribution in [2.45, 2.75) is 6.42 Å². The molecule has 0 aliphatic heterocycles. The second-order valence-corrected chi connectivity index (χ2v) is 3.61. The summed E-state index contributed by atoms with van der Waals surface area (Å²) in [7, 11) is 3.27. The molecule has 4 heteroatoms. The number of hydrogen-bond donors (Lipinski definition) is 2. The second-order valence-electron chi connectivity index (χ2n) is 3.61. The zero-order valence-corrected chi connectivity index (χ0v) is 9.54. The molecule has 0 amide bonds. The van der Waals surface area contributed by atoms with Gasteiger partial charge in [-0.25, -0.2) is 0 Å². The Labute approximate surface area is 94.3 Å². The van der Waals surface area contributed by atoms with Crippen LogP contribution >= 0.6 is 0 Å². The summed E-state index contributed by atoms with van der Waals surface area (Å²) < 4.78 is 10.5. The SMILES string of the molecule is COc1cc2[nH]cc(CCN)c2cc1OC. The maximum atomic E-state index is 5.57. The number of methoxy groups -OCH3 is 2. The van der Waals surface area contributed by atoms with Crippen molar-refractivity contribution in [3.63, 3.8) is 0 Å². The Morgan fingerprint density at radius 1 is 1.19 bits per heavy atom. The number of nitrogens with one attached hydrogen (secondary N) is 1. The van der Waals surface area contributed by atoms with Crippen LogP contribution in [0, 0.1) is 0 Å². The predicted octanol–water partition coefficient (Wildman–Crippen LogP) is 1.69. The maximum absolute atomic E-state index is 5.57. The molecule has 0 saturated heterocycles. The van der Waals surface area contributed by atoms with Gasteiger partial charge >= 0.3 is 0 Å². The van der Waals surface area contributed by atoms with Gasteiger partial charge in [-0.1, -0.05) is 0 Å². The summed E-state index contributed by atoms with van der Waals surface area (Å²) in [5.41, 5.74) is 7.82. The normalized spacial score (nSPS) is 10.7. The minimum Gasteiger partial charge on any atom is -0.493 e. The van der Waals surface area contributed by atoms with Crippen LogP contribution in [0.3, 0.4) is 0 Å². The van der Waals surface area contributed by atoms with Gasteiger partial charge in [-0.2, -0.15) is 0 Å². The summed E-state index contributed by atoms with van der Waals surface area (Å²) in [5.74, 6) is 1.48. The van der Waals surface area contributed by atoms with Gasteiger partial charge in [0.1, 0.15) is 0 Å². The Morgan fingerprint density at radius 2 is 1.88 bits per heavy atom. The molecule has 0 radical (unpaired) electrons. The van der Waals surface area contributed by atoms with E-state index in [0.717, 1.165) is 28.8 Å². The maximum Gasteiger partial charge on any atom is 0.162 e. The van der Waals surface area contributed by atoms with E-state index in [2.05, 4.69) is 4.98 Å². The smallest absolute Gasteiger partial charge is 0.162 e. The topological polar surface area (TPSA) is 60.3 Å².